The molecule has 5 fully saturated rings. The number of aromatic hydroxyl groups is 1. The molecular weight excluding hydrogens is 679 g/mol. The largest absolute Gasteiger partial charge is 0.508 e. The van der Waals surface area contributed by atoms with Gasteiger partial charge in [0, 0.05) is 37.2 Å². The van der Waals surface area contributed by atoms with Gasteiger partial charge in [0.1, 0.15) is 5.75 Å². The Bertz CT molecular complexity index is 1860. The first kappa shape index (κ1) is 36.7. The summed E-state index contributed by atoms with van der Waals surface area (Å²) in [5.74, 6) is 2.45. The van der Waals surface area contributed by atoms with Crippen LogP contribution in [0.5, 0.6) is 5.75 Å². The summed E-state index contributed by atoms with van der Waals surface area (Å²) in [6, 6.07) is 31.0. The van der Waals surface area contributed by atoms with E-state index in [0.717, 1.165) is 70.4 Å². The molecule has 1 saturated heterocycles. The summed E-state index contributed by atoms with van der Waals surface area (Å²) in [5.41, 5.74) is 6.55. The van der Waals surface area contributed by atoms with Crippen LogP contribution in [0, 0.1) is 17.8 Å². The number of benzene rings is 4. The number of amides is 2. The van der Waals surface area contributed by atoms with E-state index in [1.54, 1.807) is 18.2 Å². The number of carbonyl (C=O) groups excluding carboxylic acids is 1. The van der Waals surface area contributed by atoms with E-state index in [2.05, 4.69) is 34.9 Å². The molecule has 0 radical (unpaired) electrons. The third-order valence-electron chi connectivity index (χ3n) is 12.2. The van der Waals surface area contributed by atoms with Gasteiger partial charge in [-0.3, -0.25) is 0 Å². The second kappa shape index (κ2) is 15.8. The predicted octanol–water partition coefficient (Wildman–Crippen LogP) is 7.53. The maximum atomic E-state index is 13.3. The molecule has 0 spiro atoms. The van der Waals surface area contributed by atoms with Crippen LogP contribution in [0.1, 0.15) is 91.3 Å². The second-order valence-corrected chi connectivity index (χ2v) is 16.5. The first-order chi connectivity index (χ1) is 26.2. The van der Waals surface area contributed by atoms with Crippen LogP contribution in [-0.4, -0.2) is 58.0 Å². The van der Waals surface area contributed by atoms with Crippen LogP contribution in [0.3, 0.4) is 0 Å². The van der Waals surface area contributed by atoms with Gasteiger partial charge in [-0.05, 0) is 109 Å². The fraction of sp³-hybridized carbons (Fsp3) is 0.444. The van der Waals surface area contributed by atoms with Gasteiger partial charge in [0.05, 0.1) is 24.9 Å². The Hall–Kier alpha value is -4.25. The Morgan fingerprint density at radius 1 is 0.852 bits per heavy atom. The van der Waals surface area contributed by atoms with Crippen molar-refractivity contribution >= 4 is 6.03 Å². The number of carbonyl (C=O) groups is 1. The van der Waals surface area contributed by atoms with Crippen molar-refractivity contribution in [3.05, 3.63) is 125 Å². The van der Waals surface area contributed by atoms with Gasteiger partial charge in [-0.1, -0.05) is 84.9 Å². The van der Waals surface area contributed by atoms with Crippen LogP contribution >= 0.6 is 0 Å². The molecule has 4 aromatic carbocycles. The van der Waals surface area contributed by atoms with Crippen LogP contribution < -0.4 is 10.6 Å². The minimum Gasteiger partial charge on any atom is -0.508 e. The van der Waals surface area contributed by atoms with Gasteiger partial charge < -0.3 is 40.3 Å². The zero-order chi connectivity index (χ0) is 37.2. The number of nitrogens with zero attached hydrogens (tertiary/aromatic N) is 1. The van der Waals surface area contributed by atoms with E-state index in [1.165, 1.54) is 19.3 Å². The molecule has 4 bridgehead atoms. The molecule has 4 aliphatic carbocycles. The second-order valence-electron chi connectivity index (χ2n) is 16.5. The quantitative estimate of drug-likeness (QED) is 0.102. The Kier molecular flexibility index (Phi) is 10.8. The maximum Gasteiger partial charge on any atom is 0.315 e. The topological polar surface area (TPSA) is 124 Å². The van der Waals surface area contributed by atoms with Crippen molar-refractivity contribution in [2.24, 2.45) is 17.8 Å². The van der Waals surface area contributed by atoms with Crippen molar-refractivity contribution in [1.82, 2.24) is 15.5 Å². The van der Waals surface area contributed by atoms with Crippen LogP contribution in [-0.2, 0) is 22.6 Å². The molecule has 5 N–H and O–H groups in total. The van der Waals surface area contributed by atoms with E-state index in [1.807, 2.05) is 66.5 Å². The lowest BCUT2D eigenvalue weighted by atomic mass is 9.53. The first-order valence-electron chi connectivity index (χ1n) is 19.6. The highest BCUT2D eigenvalue weighted by molar-refractivity contribution is 5.76. The fourth-order valence-corrected chi connectivity index (χ4v) is 10.1. The van der Waals surface area contributed by atoms with Crippen molar-refractivity contribution < 1.29 is 29.6 Å². The SMILES string of the molecule is CN(CC1CC(c2ccc(CO)cc2)OC(c2ccc(-c3ccccc3CNC(=O)NC34CC5CC(CC(C5)C3)C4)cc2)O1)CC(O)c1cccc(O)c1. The molecule has 4 saturated carbocycles. The number of nitrogens with one attached hydrogen (secondary N) is 2. The Balaban J connectivity index is 0.941. The molecule has 2 amide bonds. The van der Waals surface area contributed by atoms with Crippen molar-refractivity contribution in [2.45, 2.75) is 88.2 Å². The van der Waals surface area contributed by atoms with Crippen molar-refractivity contribution in [1.29, 1.82) is 0 Å². The zero-order valence-corrected chi connectivity index (χ0v) is 31.1. The number of phenolic OH excluding ortho intramolecular Hbond substituents is 1. The van der Waals surface area contributed by atoms with E-state index in [4.69, 9.17) is 9.47 Å². The van der Waals surface area contributed by atoms with Gasteiger partial charge in [-0.25, -0.2) is 4.79 Å². The number of rotatable bonds is 12. The average Bonchev–Trinajstić information content (AvgIpc) is 3.16. The van der Waals surface area contributed by atoms with Gasteiger partial charge in [0.2, 0.25) is 0 Å². The third-order valence-corrected chi connectivity index (χ3v) is 12.2. The lowest BCUT2D eigenvalue weighted by molar-refractivity contribution is -0.252. The summed E-state index contributed by atoms with van der Waals surface area (Å²) < 4.78 is 13.2. The fourth-order valence-electron chi connectivity index (χ4n) is 10.1. The monoisotopic (exact) mass is 731 g/mol. The van der Waals surface area contributed by atoms with Gasteiger partial charge in [0.25, 0.3) is 0 Å². The average molecular weight is 732 g/mol. The van der Waals surface area contributed by atoms with E-state index in [9.17, 15) is 20.1 Å². The molecule has 4 unspecified atom stereocenters. The molecule has 9 nitrogen and oxygen atoms in total. The van der Waals surface area contributed by atoms with Crippen molar-refractivity contribution in [3.63, 3.8) is 0 Å². The van der Waals surface area contributed by atoms with Crippen LogP contribution in [0.25, 0.3) is 11.1 Å². The molecule has 1 heterocycles. The summed E-state index contributed by atoms with van der Waals surface area (Å²) in [6.45, 7) is 1.36. The Morgan fingerprint density at radius 3 is 2.22 bits per heavy atom. The first-order valence-corrected chi connectivity index (χ1v) is 19.6. The van der Waals surface area contributed by atoms with E-state index >= 15 is 0 Å². The molecule has 54 heavy (non-hydrogen) atoms. The van der Waals surface area contributed by atoms with E-state index in [-0.39, 0.29) is 36.1 Å². The highest BCUT2D eigenvalue weighted by Gasteiger charge is 2.51. The molecule has 9 rings (SSSR count). The summed E-state index contributed by atoms with van der Waals surface area (Å²) in [4.78, 5) is 15.3. The Labute approximate surface area is 318 Å². The third kappa shape index (κ3) is 8.36. The minimum absolute atomic E-state index is 0.0208. The molecular formula is C45H53N3O6. The summed E-state index contributed by atoms with van der Waals surface area (Å²) in [7, 11) is 1.96. The number of ether oxygens (including phenoxy) is 2. The highest BCUT2D eigenvalue weighted by atomic mass is 16.7. The number of urea groups is 1. The standard InChI is InChI=1S/C45H53N3O6/c1-48(27-41(51)36-6-4-7-38(50)20-36)26-39-21-42(34-11-9-29(28-49)10-12-34)54-43(53-39)35-15-13-33(14-16-35)40-8-3-2-5-37(40)25-46-44(52)47-45-22-30-17-31(23-45)19-32(18-30)24-45/h2-16,20,30-32,39,41-43,49-51H,17-19,21-28H2,1H3,(H2,46,47,52). The number of aliphatic hydroxyl groups is 2. The van der Waals surface area contributed by atoms with Gasteiger partial charge in [-0.2, -0.15) is 0 Å². The maximum absolute atomic E-state index is 13.3. The molecule has 9 heteroatoms. The Morgan fingerprint density at radius 2 is 1.54 bits per heavy atom. The number of likely N-dealkylation sites (N-methyl/N-ethyl adjacent to an activating group) is 1. The van der Waals surface area contributed by atoms with Gasteiger partial charge >= 0.3 is 6.03 Å². The number of aliphatic hydroxyl groups excluding tert-OH is 2. The lowest BCUT2D eigenvalue weighted by Crippen LogP contribution is -2.61. The lowest BCUT2D eigenvalue weighted by Gasteiger charge is -2.56. The molecule has 0 aromatic heterocycles. The van der Waals surface area contributed by atoms with Crippen LogP contribution in [0.2, 0.25) is 0 Å². The predicted molar refractivity (Wildman–Crippen MR) is 207 cm³/mol. The molecule has 5 aliphatic rings. The zero-order valence-electron chi connectivity index (χ0n) is 31.1. The normalized spacial score (nSPS) is 27.9. The number of hydrogen-bond donors (Lipinski definition) is 5. The van der Waals surface area contributed by atoms with Crippen LogP contribution in [0.15, 0.2) is 97.1 Å². The number of phenols is 1. The van der Waals surface area contributed by atoms with Crippen LogP contribution in [0.4, 0.5) is 4.79 Å². The molecule has 4 atom stereocenters. The molecule has 1 aliphatic heterocycles. The van der Waals surface area contributed by atoms with Gasteiger partial charge in [0.15, 0.2) is 6.29 Å². The van der Waals surface area contributed by atoms with Crippen molar-refractivity contribution in [3.8, 4) is 16.9 Å². The van der Waals surface area contributed by atoms with E-state index in [0.29, 0.717) is 31.6 Å². The van der Waals surface area contributed by atoms with E-state index < -0.39 is 12.4 Å². The minimum atomic E-state index is -0.763. The smallest absolute Gasteiger partial charge is 0.315 e. The highest BCUT2D eigenvalue weighted by Crippen LogP contribution is 2.55. The summed E-state index contributed by atoms with van der Waals surface area (Å²) >= 11 is 0. The number of hydrogen-bond acceptors (Lipinski definition) is 7. The molecule has 284 valence electrons. The van der Waals surface area contributed by atoms with Gasteiger partial charge in [-0.15, -0.1) is 0 Å². The summed E-state index contributed by atoms with van der Waals surface area (Å²) in [5, 5.41) is 37.0. The summed E-state index contributed by atoms with van der Waals surface area (Å²) in [6.07, 6.45) is 6.24. The molecule has 4 aromatic rings. The van der Waals surface area contributed by atoms with Crippen molar-refractivity contribution in [2.75, 3.05) is 20.1 Å².